The number of ether oxygens (including phenoxy) is 4. The van der Waals surface area contributed by atoms with Gasteiger partial charge in [0.1, 0.15) is 0 Å². The number of amides is 1. The van der Waals surface area contributed by atoms with E-state index in [-0.39, 0.29) is 17.4 Å². The van der Waals surface area contributed by atoms with Crippen molar-refractivity contribution in [3.8, 4) is 29.1 Å². The highest BCUT2D eigenvalue weighted by molar-refractivity contribution is 5.96. The van der Waals surface area contributed by atoms with Crippen molar-refractivity contribution in [1.29, 1.82) is 5.26 Å². The molecule has 226 valence electrons. The summed E-state index contributed by atoms with van der Waals surface area (Å²) >= 11 is 0. The van der Waals surface area contributed by atoms with E-state index in [1.54, 1.807) is 39.4 Å². The van der Waals surface area contributed by atoms with Gasteiger partial charge in [-0.15, -0.1) is 0 Å². The van der Waals surface area contributed by atoms with Gasteiger partial charge in [0.05, 0.1) is 39.9 Å². The van der Waals surface area contributed by atoms with Crippen molar-refractivity contribution in [2.75, 3.05) is 48.6 Å². The predicted molar refractivity (Wildman–Crippen MR) is 163 cm³/mol. The van der Waals surface area contributed by atoms with Crippen molar-refractivity contribution in [1.82, 2.24) is 10.2 Å². The van der Waals surface area contributed by atoms with Crippen LogP contribution in [0.15, 0.2) is 30.3 Å². The molecule has 1 N–H and O–H groups in total. The maximum absolute atomic E-state index is 13.4. The molecule has 2 aromatic carbocycles. The van der Waals surface area contributed by atoms with Crippen LogP contribution in [0.3, 0.4) is 0 Å². The van der Waals surface area contributed by atoms with Crippen LogP contribution >= 0.6 is 0 Å². The van der Waals surface area contributed by atoms with E-state index in [4.69, 9.17) is 18.9 Å². The van der Waals surface area contributed by atoms with E-state index < -0.39 is 5.41 Å². The van der Waals surface area contributed by atoms with Gasteiger partial charge >= 0.3 is 0 Å². The Hall–Kier alpha value is -3.44. The second kappa shape index (κ2) is 15.0. The molecule has 2 rings (SSSR count). The molecule has 0 aliphatic rings. The van der Waals surface area contributed by atoms with Gasteiger partial charge in [-0.25, -0.2) is 0 Å². The van der Waals surface area contributed by atoms with Gasteiger partial charge in [-0.1, -0.05) is 26.3 Å². The third-order valence-corrected chi connectivity index (χ3v) is 7.98. The first kappa shape index (κ1) is 33.8. The van der Waals surface area contributed by atoms with Gasteiger partial charge in [-0.05, 0) is 94.4 Å². The van der Waals surface area contributed by atoms with E-state index in [0.717, 1.165) is 36.9 Å². The molecule has 41 heavy (non-hydrogen) atoms. The lowest BCUT2D eigenvalue weighted by molar-refractivity contribution is 0.0654. The zero-order valence-corrected chi connectivity index (χ0v) is 26.6. The highest BCUT2D eigenvalue weighted by Gasteiger charge is 2.36. The molecule has 0 fully saturated rings. The third kappa shape index (κ3) is 8.07. The summed E-state index contributed by atoms with van der Waals surface area (Å²) in [6, 6.07) is 12.1. The van der Waals surface area contributed by atoms with Crippen LogP contribution in [0.4, 0.5) is 0 Å². The zero-order chi connectivity index (χ0) is 30.8. The molecule has 0 saturated heterocycles. The van der Waals surface area contributed by atoms with Crippen LogP contribution in [0.25, 0.3) is 0 Å². The van der Waals surface area contributed by atoms with Crippen LogP contribution in [-0.2, 0) is 11.8 Å². The van der Waals surface area contributed by atoms with Gasteiger partial charge in [0, 0.05) is 18.2 Å². The molecule has 8 heteroatoms. The van der Waals surface area contributed by atoms with Crippen LogP contribution in [0.5, 0.6) is 23.0 Å². The maximum Gasteiger partial charge on any atom is 0.254 e. The van der Waals surface area contributed by atoms with Gasteiger partial charge in [0.15, 0.2) is 23.0 Å². The van der Waals surface area contributed by atoms with Crippen LogP contribution in [-0.4, -0.2) is 64.9 Å². The van der Waals surface area contributed by atoms with E-state index in [0.29, 0.717) is 41.5 Å². The molecule has 0 aliphatic heterocycles. The molecule has 1 amide bonds. The Morgan fingerprint density at radius 1 is 0.902 bits per heavy atom. The number of carbonyl (C=O) groups excluding carboxylic acids is 1. The van der Waals surface area contributed by atoms with Crippen LogP contribution < -0.4 is 24.3 Å². The molecule has 0 saturated carbocycles. The first-order valence-electron chi connectivity index (χ1n) is 14.3. The highest BCUT2D eigenvalue weighted by Crippen LogP contribution is 2.40. The average Bonchev–Trinajstić information content (AvgIpc) is 2.96. The standard InChI is InChI=1S/C33H49N3O5/c1-23(2)33(22-34,25-13-14-27(38-7)29(20-25)40-9)16-11-12-17-35-18-15-24-19-28(39-8)30(41-10)21-26(24)31(37)36(6)32(3,4)5/h13-14,19-21,23,35H,11-12,15-18H2,1-10H3. The number of methoxy groups -OCH3 is 4. The summed E-state index contributed by atoms with van der Waals surface area (Å²) in [6.07, 6.45) is 3.22. The minimum atomic E-state index is -0.618. The fourth-order valence-electron chi connectivity index (χ4n) is 4.94. The molecule has 0 heterocycles. The summed E-state index contributed by atoms with van der Waals surface area (Å²) < 4.78 is 21.9. The third-order valence-electron chi connectivity index (χ3n) is 7.98. The van der Waals surface area contributed by atoms with Gasteiger partial charge in [0.25, 0.3) is 5.91 Å². The van der Waals surface area contributed by atoms with Crippen LogP contribution in [0.2, 0.25) is 0 Å². The number of hydrogen-bond donors (Lipinski definition) is 1. The Labute approximate surface area is 246 Å². The lowest BCUT2D eigenvalue weighted by atomic mass is 9.69. The summed E-state index contributed by atoms with van der Waals surface area (Å²) in [5.41, 5.74) is 1.55. The monoisotopic (exact) mass is 567 g/mol. The summed E-state index contributed by atoms with van der Waals surface area (Å²) in [6.45, 7) is 11.7. The summed E-state index contributed by atoms with van der Waals surface area (Å²) in [4.78, 5) is 15.1. The number of nitrogens with one attached hydrogen (secondary N) is 1. The van der Waals surface area contributed by atoms with E-state index in [9.17, 15) is 10.1 Å². The Morgan fingerprint density at radius 2 is 1.49 bits per heavy atom. The van der Waals surface area contributed by atoms with Gasteiger partial charge in [0.2, 0.25) is 0 Å². The number of nitrogens with zero attached hydrogens (tertiary/aromatic N) is 2. The molecule has 1 unspecified atom stereocenters. The van der Waals surface area contributed by atoms with E-state index >= 15 is 0 Å². The largest absolute Gasteiger partial charge is 0.493 e. The van der Waals surface area contributed by atoms with E-state index in [1.165, 1.54) is 0 Å². The molecule has 8 nitrogen and oxygen atoms in total. The summed E-state index contributed by atoms with van der Waals surface area (Å²) in [5, 5.41) is 13.8. The maximum atomic E-state index is 13.4. The number of nitriles is 1. The summed E-state index contributed by atoms with van der Waals surface area (Å²) in [7, 11) is 8.22. The molecule has 2 aromatic rings. The number of unbranched alkanes of at least 4 members (excludes halogenated alkanes) is 1. The zero-order valence-electron chi connectivity index (χ0n) is 26.6. The first-order chi connectivity index (χ1) is 19.4. The van der Waals surface area contributed by atoms with Crippen molar-refractivity contribution >= 4 is 5.91 Å². The lowest BCUT2D eigenvalue weighted by Crippen LogP contribution is -2.43. The first-order valence-corrected chi connectivity index (χ1v) is 14.3. The Morgan fingerprint density at radius 3 is 2.02 bits per heavy atom. The Bertz CT molecular complexity index is 1200. The number of carbonyl (C=O) groups is 1. The van der Waals surface area contributed by atoms with Gasteiger partial charge < -0.3 is 29.2 Å². The number of rotatable bonds is 15. The number of hydrogen-bond acceptors (Lipinski definition) is 7. The Balaban J connectivity index is 2.06. The highest BCUT2D eigenvalue weighted by atomic mass is 16.5. The molecule has 0 aromatic heterocycles. The lowest BCUT2D eigenvalue weighted by Gasteiger charge is -2.32. The van der Waals surface area contributed by atoms with Crippen molar-refractivity contribution in [2.24, 2.45) is 5.92 Å². The van der Waals surface area contributed by atoms with Crippen LogP contribution in [0, 0.1) is 17.2 Å². The van der Waals surface area contributed by atoms with Crippen molar-refractivity contribution in [2.45, 2.75) is 71.3 Å². The fourth-order valence-corrected chi connectivity index (χ4v) is 4.94. The molecule has 0 radical (unpaired) electrons. The quantitative estimate of drug-likeness (QED) is 0.263. The second-order valence-electron chi connectivity index (χ2n) is 11.7. The van der Waals surface area contributed by atoms with E-state index in [1.807, 2.05) is 52.1 Å². The minimum Gasteiger partial charge on any atom is -0.493 e. The number of benzene rings is 2. The molecular weight excluding hydrogens is 518 g/mol. The minimum absolute atomic E-state index is 0.0508. The smallest absolute Gasteiger partial charge is 0.254 e. The normalized spacial score (nSPS) is 12.8. The molecule has 0 spiro atoms. The van der Waals surface area contributed by atoms with Crippen LogP contribution in [0.1, 0.15) is 75.4 Å². The Kier molecular flexibility index (Phi) is 12.3. The van der Waals surface area contributed by atoms with Crippen molar-refractivity contribution in [3.63, 3.8) is 0 Å². The molecule has 0 bridgehead atoms. The summed E-state index contributed by atoms with van der Waals surface area (Å²) in [5.74, 6) is 2.51. The molecule has 1 atom stereocenters. The van der Waals surface area contributed by atoms with Crippen molar-refractivity contribution in [3.05, 3.63) is 47.0 Å². The van der Waals surface area contributed by atoms with Gasteiger partial charge in [-0.2, -0.15) is 5.26 Å². The predicted octanol–water partition coefficient (Wildman–Crippen LogP) is 6.01. The van der Waals surface area contributed by atoms with E-state index in [2.05, 4.69) is 25.2 Å². The molecule has 0 aliphatic carbocycles. The second-order valence-corrected chi connectivity index (χ2v) is 11.7. The van der Waals surface area contributed by atoms with Crippen molar-refractivity contribution < 1.29 is 23.7 Å². The fraction of sp³-hybridized carbons (Fsp3) is 0.576. The average molecular weight is 568 g/mol. The molecular formula is C33H49N3O5. The van der Waals surface area contributed by atoms with Gasteiger partial charge in [-0.3, -0.25) is 4.79 Å². The topological polar surface area (TPSA) is 93.1 Å². The SMILES string of the molecule is COc1ccc(C(C#N)(CCCCNCCc2cc(OC)c(OC)cc2C(=O)N(C)C(C)(C)C)C(C)C)cc1OC.